The van der Waals surface area contributed by atoms with E-state index < -0.39 is 23.4 Å². The lowest BCUT2D eigenvalue weighted by atomic mass is 9.46. The van der Waals surface area contributed by atoms with Gasteiger partial charge < -0.3 is 5.11 Å². The molecule has 1 saturated heterocycles. The van der Waals surface area contributed by atoms with E-state index >= 15 is 0 Å². The molecule has 3 aromatic rings. The first kappa shape index (κ1) is 18.8. The van der Waals surface area contributed by atoms with E-state index in [1.54, 1.807) is 31.2 Å². The minimum atomic E-state index is -0.972. The second kappa shape index (κ2) is 6.28. The van der Waals surface area contributed by atoms with Crippen LogP contribution in [0.1, 0.15) is 35.1 Å². The summed E-state index contributed by atoms with van der Waals surface area (Å²) in [6, 6.07) is 22.7. The number of aliphatic hydroxyl groups is 1. The van der Waals surface area contributed by atoms with Crippen molar-refractivity contribution in [3.8, 4) is 0 Å². The molecule has 2 amide bonds. The Morgan fingerprint density at radius 1 is 0.871 bits per heavy atom. The molecule has 4 aliphatic rings. The number of benzene rings is 3. The number of carbonyl (C=O) groups is 2. The average Bonchev–Trinajstić information content (AvgIpc) is 3.05. The quantitative estimate of drug-likeness (QED) is 0.619. The molecule has 0 unspecified atom stereocenters. The van der Waals surface area contributed by atoms with Crippen molar-refractivity contribution < 1.29 is 14.7 Å². The maximum absolute atomic E-state index is 13.9. The second-order valence-corrected chi connectivity index (χ2v) is 9.13. The molecule has 3 atom stereocenters. The third-order valence-electron chi connectivity index (χ3n) is 7.43. The van der Waals surface area contributed by atoms with Crippen LogP contribution in [-0.2, 0) is 15.0 Å². The van der Waals surface area contributed by atoms with E-state index in [0.717, 1.165) is 22.3 Å². The molecule has 4 nitrogen and oxygen atoms in total. The summed E-state index contributed by atoms with van der Waals surface area (Å²) >= 11 is 6.03. The molecule has 2 bridgehead atoms. The van der Waals surface area contributed by atoms with E-state index in [4.69, 9.17) is 11.6 Å². The van der Waals surface area contributed by atoms with Gasteiger partial charge in [0.15, 0.2) is 0 Å². The highest BCUT2D eigenvalue weighted by Gasteiger charge is 2.69. The number of imide groups is 1. The molecule has 31 heavy (non-hydrogen) atoms. The predicted molar refractivity (Wildman–Crippen MR) is 118 cm³/mol. The van der Waals surface area contributed by atoms with Gasteiger partial charge in [-0.15, -0.1) is 0 Å². The highest BCUT2D eigenvalue weighted by Crippen LogP contribution is 2.65. The lowest BCUT2D eigenvalue weighted by Crippen LogP contribution is -2.58. The van der Waals surface area contributed by atoms with Gasteiger partial charge in [-0.2, -0.15) is 0 Å². The van der Waals surface area contributed by atoms with Crippen LogP contribution < -0.4 is 4.90 Å². The summed E-state index contributed by atoms with van der Waals surface area (Å²) in [6.45, 7) is 1.74. The Hall–Kier alpha value is -2.95. The fourth-order valence-corrected chi connectivity index (χ4v) is 6.51. The number of hydrogen-bond acceptors (Lipinski definition) is 3. The first-order valence-electron chi connectivity index (χ1n) is 10.5. The molecule has 154 valence electrons. The van der Waals surface area contributed by atoms with E-state index in [2.05, 4.69) is 0 Å². The SMILES string of the molecule is C[C@H](O)C12c3ccccc3C(c3ccccc31)[C@@H]1C(=O)N(c3ccc(Cl)cc3)C(=O)[C@H]12. The summed E-state index contributed by atoms with van der Waals surface area (Å²) in [5.74, 6) is -1.90. The first-order valence-corrected chi connectivity index (χ1v) is 10.9. The molecule has 1 aliphatic heterocycles. The van der Waals surface area contributed by atoms with Gasteiger partial charge in [-0.05, 0) is 53.4 Å². The topological polar surface area (TPSA) is 57.6 Å². The van der Waals surface area contributed by atoms with Crippen LogP contribution in [0, 0.1) is 11.8 Å². The smallest absolute Gasteiger partial charge is 0.239 e. The van der Waals surface area contributed by atoms with Crippen molar-refractivity contribution in [3.63, 3.8) is 0 Å². The molecule has 5 heteroatoms. The summed E-state index contributed by atoms with van der Waals surface area (Å²) in [4.78, 5) is 29.0. The van der Waals surface area contributed by atoms with Crippen LogP contribution in [-0.4, -0.2) is 23.0 Å². The third-order valence-corrected chi connectivity index (χ3v) is 7.68. The maximum atomic E-state index is 13.9. The van der Waals surface area contributed by atoms with E-state index in [0.29, 0.717) is 10.7 Å². The number of carbonyl (C=O) groups excluding carboxylic acids is 2. The molecule has 0 radical (unpaired) electrons. The zero-order chi connectivity index (χ0) is 21.5. The van der Waals surface area contributed by atoms with Crippen molar-refractivity contribution in [2.75, 3.05) is 4.90 Å². The highest BCUT2D eigenvalue weighted by molar-refractivity contribution is 6.31. The number of amides is 2. The van der Waals surface area contributed by atoms with Gasteiger partial charge in [-0.1, -0.05) is 60.1 Å². The van der Waals surface area contributed by atoms with Crippen LogP contribution >= 0.6 is 11.6 Å². The van der Waals surface area contributed by atoms with Crippen molar-refractivity contribution in [2.45, 2.75) is 24.4 Å². The molecule has 0 aromatic heterocycles. The van der Waals surface area contributed by atoms with Crippen molar-refractivity contribution in [1.29, 1.82) is 0 Å². The van der Waals surface area contributed by atoms with Gasteiger partial charge in [0.25, 0.3) is 0 Å². The Balaban J connectivity index is 1.66. The highest BCUT2D eigenvalue weighted by atomic mass is 35.5. The van der Waals surface area contributed by atoms with Crippen LogP contribution in [0.4, 0.5) is 5.69 Å². The molecule has 3 aromatic carbocycles. The minimum Gasteiger partial charge on any atom is -0.392 e. The first-order chi connectivity index (χ1) is 15.0. The van der Waals surface area contributed by atoms with Crippen molar-refractivity contribution in [1.82, 2.24) is 0 Å². The van der Waals surface area contributed by atoms with Crippen LogP contribution in [0.15, 0.2) is 72.8 Å². The van der Waals surface area contributed by atoms with E-state index in [-0.39, 0.29) is 17.7 Å². The van der Waals surface area contributed by atoms with Gasteiger partial charge in [0, 0.05) is 10.9 Å². The summed E-state index contributed by atoms with van der Waals surface area (Å²) in [5, 5.41) is 11.8. The zero-order valence-electron chi connectivity index (χ0n) is 16.8. The largest absolute Gasteiger partial charge is 0.392 e. The van der Waals surface area contributed by atoms with E-state index in [1.807, 2.05) is 48.5 Å². The summed E-state index contributed by atoms with van der Waals surface area (Å²) in [7, 11) is 0. The molecule has 3 aliphatic carbocycles. The summed E-state index contributed by atoms with van der Waals surface area (Å²) in [6.07, 6.45) is -0.856. The summed E-state index contributed by atoms with van der Waals surface area (Å²) < 4.78 is 0. The number of aliphatic hydroxyl groups excluding tert-OH is 1. The van der Waals surface area contributed by atoms with Crippen molar-refractivity contribution in [3.05, 3.63) is 100 Å². The Bertz CT molecular complexity index is 1200. The van der Waals surface area contributed by atoms with Gasteiger partial charge >= 0.3 is 0 Å². The molecule has 0 saturated carbocycles. The van der Waals surface area contributed by atoms with Crippen LogP contribution in [0.2, 0.25) is 5.02 Å². The molecular weight excluding hydrogens is 410 g/mol. The van der Waals surface area contributed by atoms with Crippen LogP contribution in [0.3, 0.4) is 0 Å². The van der Waals surface area contributed by atoms with Crippen molar-refractivity contribution in [2.24, 2.45) is 11.8 Å². The van der Waals surface area contributed by atoms with Gasteiger partial charge in [-0.25, -0.2) is 4.90 Å². The lowest BCUT2D eigenvalue weighted by molar-refractivity contribution is -0.126. The Labute approximate surface area is 185 Å². The van der Waals surface area contributed by atoms with Gasteiger partial charge in [0.2, 0.25) is 11.8 Å². The molecule has 1 heterocycles. The fraction of sp³-hybridized carbons (Fsp3) is 0.231. The summed E-state index contributed by atoms with van der Waals surface area (Å²) in [5.41, 5.74) is 3.51. The average molecular weight is 430 g/mol. The minimum absolute atomic E-state index is 0.212. The maximum Gasteiger partial charge on any atom is 0.239 e. The monoisotopic (exact) mass is 429 g/mol. The van der Waals surface area contributed by atoms with Gasteiger partial charge in [0.1, 0.15) is 0 Å². The predicted octanol–water partition coefficient (Wildman–Crippen LogP) is 4.27. The number of anilines is 1. The third kappa shape index (κ3) is 2.14. The van der Waals surface area contributed by atoms with Crippen molar-refractivity contribution >= 4 is 29.1 Å². The van der Waals surface area contributed by atoms with Crippen LogP contribution in [0.5, 0.6) is 0 Å². The number of rotatable bonds is 2. The standard InChI is InChI=1S/C26H20ClNO3/c1-14(29)26-19-8-4-2-6-17(19)21(18-7-3-5-9-20(18)26)22-23(26)25(31)28(24(22)30)16-12-10-15(27)11-13-16/h2-14,21-23,29H,1H3/t14-,21?,22-,23-,26?/m0/s1. The Morgan fingerprint density at radius 3 is 1.97 bits per heavy atom. The molecule has 1 fully saturated rings. The lowest BCUT2D eigenvalue weighted by Gasteiger charge is -2.55. The second-order valence-electron chi connectivity index (χ2n) is 8.69. The number of nitrogens with zero attached hydrogens (tertiary/aromatic N) is 1. The Kier molecular flexibility index (Phi) is 3.81. The van der Waals surface area contributed by atoms with Gasteiger partial charge in [-0.3, -0.25) is 9.59 Å². The van der Waals surface area contributed by atoms with E-state index in [9.17, 15) is 14.7 Å². The fourth-order valence-electron chi connectivity index (χ4n) is 6.38. The van der Waals surface area contributed by atoms with E-state index in [1.165, 1.54) is 4.90 Å². The number of hydrogen-bond donors (Lipinski definition) is 1. The van der Waals surface area contributed by atoms with Crippen LogP contribution in [0.25, 0.3) is 0 Å². The normalized spacial score (nSPS) is 28.9. The molecule has 0 spiro atoms. The zero-order valence-corrected chi connectivity index (χ0v) is 17.6. The number of halogens is 1. The molecule has 7 rings (SSSR count). The van der Waals surface area contributed by atoms with Gasteiger partial charge in [0.05, 0.1) is 29.0 Å². The Morgan fingerprint density at radius 2 is 1.42 bits per heavy atom. The molecular formula is C26H20ClNO3. The molecule has 1 N–H and O–H groups in total.